The van der Waals surface area contributed by atoms with Gasteiger partial charge < -0.3 is 4.98 Å². The molecule has 0 radical (unpaired) electrons. The minimum atomic E-state index is -1.57. The van der Waals surface area contributed by atoms with Gasteiger partial charge in [0, 0.05) is 11.8 Å². The fraction of sp³-hybridized carbons (Fsp3) is 0.429. The second kappa shape index (κ2) is 6.07. The first-order valence-electron chi connectivity index (χ1n) is 3.91. The highest BCUT2D eigenvalue weighted by atomic mass is 35.6. The lowest BCUT2D eigenvalue weighted by molar-refractivity contribution is 0.910. The monoisotopic (exact) mass is 338 g/mol. The Kier molecular flexibility index (Phi) is 5.61. The topological polar surface area (TPSA) is 45.8 Å². The van der Waals surface area contributed by atoms with E-state index in [9.17, 15) is 4.79 Å². The third-order valence-corrected chi connectivity index (χ3v) is 5.92. The molecule has 16 heavy (non-hydrogen) atoms. The molecule has 0 aliphatic heterocycles. The van der Waals surface area contributed by atoms with Crippen LogP contribution in [0, 0.1) is 6.92 Å². The maximum Gasteiger partial charge on any atom is 0.251 e. The average molecular weight is 340 g/mol. The minimum absolute atomic E-state index is 0.226. The normalized spacial score (nSPS) is 13.8. The van der Waals surface area contributed by atoms with Gasteiger partial charge in [0.15, 0.2) is 5.16 Å². The smallest absolute Gasteiger partial charge is 0.251 e. The van der Waals surface area contributed by atoms with E-state index in [1.165, 1.54) is 6.07 Å². The van der Waals surface area contributed by atoms with Crippen molar-refractivity contribution in [2.75, 3.05) is 0 Å². The fourth-order valence-corrected chi connectivity index (χ4v) is 3.74. The first-order valence-corrected chi connectivity index (χ1v) is 7.69. The Morgan fingerprint density at radius 3 is 2.62 bits per heavy atom. The predicted molar refractivity (Wildman–Crippen MR) is 73.0 cm³/mol. The van der Waals surface area contributed by atoms with Crippen molar-refractivity contribution in [1.29, 1.82) is 0 Å². The fourth-order valence-electron chi connectivity index (χ4n) is 0.733. The van der Waals surface area contributed by atoms with Gasteiger partial charge in [-0.15, -0.1) is 11.6 Å². The number of nitrogens with one attached hydrogen (secondary N) is 1. The van der Waals surface area contributed by atoms with Crippen LogP contribution in [0.25, 0.3) is 0 Å². The molecule has 1 aromatic rings. The van der Waals surface area contributed by atoms with Crippen LogP contribution in [0.15, 0.2) is 16.0 Å². The van der Waals surface area contributed by atoms with E-state index in [0.29, 0.717) is 10.9 Å². The summed E-state index contributed by atoms with van der Waals surface area (Å²) in [5.74, 6) is 0. The van der Waals surface area contributed by atoms with Crippen molar-refractivity contribution in [3.05, 3.63) is 22.1 Å². The van der Waals surface area contributed by atoms with Gasteiger partial charge in [0.05, 0.1) is 0 Å². The van der Waals surface area contributed by atoms with Crippen molar-refractivity contribution < 1.29 is 0 Å². The molecule has 0 aromatic carbocycles. The average Bonchev–Trinajstić information content (AvgIpc) is 2.11. The summed E-state index contributed by atoms with van der Waals surface area (Å²) in [5, 5.41) is 0.426. The zero-order valence-corrected chi connectivity index (χ0v) is 12.5. The van der Waals surface area contributed by atoms with Gasteiger partial charge in [-0.1, -0.05) is 45.6 Å². The molecule has 1 atom stereocenters. The number of H-pyrrole nitrogens is 1. The zero-order valence-electron chi connectivity index (χ0n) is 7.84. The molecule has 1 heterocycles. The molecule has 3 nitrogen and oxygen atoms in total. The van der Waals surface area contributed by atoms with Crippen LogP contribution in [-0.4, -0.2) is 18.5 Å². The van der Waals surface area contributed by atoms with Crippen LogP contribution in [0.5, 0.6) is 0 Å². The molecule has 9 heteroatoms. The molecule has 0 fully saturated rings. The van der Waals surface area contributed by atoms with Gasteiger partial charge in [0.2, 0.25) is 3.79 Å². The van der Waals surface area contributed by atoms with Gasteiger partial charge in [0.25, 0.3) is 5.56 Å². The number of nitrogens with zero attached hydrogens (tertiary/aromatic N) is 1. The maximum atomic E-state index is 11.1. The van der Waals surface area contributed by atoms with E-state index in [-0.39, 0.29) is 5.56 Å². The first kappa shape index (κ1) is 14.8. The highest BCUT2D eigenvalue weighted by molar-refractivity contribution is 8.77. The molecule has 0 saturated heterocycles. The summed E-state index contributed by atoms with van der Waals surface area (Å²) in [6, 6.07) is 1.39. The third kappa shape index (κ3) is 4.94. The Morgan fingerprint density at radius 2 is 2.12 bits per heavy atom. The lowest BCUT2D eigenvalue weighted by Crippen LogP contribution is -2.14. The Hall–Kier alpha value is 0.740. The van der Waals surface area contributed by atoms with Crippen LogP contribution in [-0.2, 0) is 0 Å². The maximum absolute atomic E-state index is 11.1. The van der Waals surface area contributed by atoms with Gasteiger partial charge in [-0.2, -0.15) is 0 Å². The van der Waals surface area contributed by atoms with E-state index in [1.807, 2.05) is 0 Å². The van der Waals surface area contributed by atoms with Gasteiger partial charge in [0.1, 0.15) is 4.71 Å². The molecule has 1 N–H and O–H groups in total. The number of aromatic nitrogens is 2. The summed E-state index contributed by atoms with van der Waals surface area (Å²) in [5.41, 5.74) is 0.391. The van der Waals surface area contributed by atoms with Crippen LogP contribution in [0.3, 0.4) is 0 Å². The number of halogens is 4. The summed E-state index contributed by atoms with van der Waals surface area (Å²) in [7, 11) is 2.26. The van der Waals surface area contributed by atoms with E-state index >= 15 is 0 Å². The van der Waals surface area contributed by atoms with Crippen LogP contribution in [0.1, 0.15) is 5.69 Å². The number of rotatable bonds is 3. The van der Waals surface area contributed by atoms with Crippen molar-refractivity contribution in [2.24, 2.45) is 0 Å². The Morgan fingerprint density at radius 1 is 1.50 bits per heavy atom. The van der Waals surface area contributed by atoms with E-state index in [1.54, 1.807) is 6.92 Å². The molecule has 90 valence electrons. The molecule has 0 saturated carbocycles. The van der Waals surface area contributed by atoms with E-state index in [2.05, 4.69) is 9.97 Å². The quantitative estimate of drug-likeness (QED) is 0.517. The lowest BCUT2D eigenvalue weighted by atomic mass is 10.5. The Labute approximate surface area is 120 Å². The summed E-state index contributed by atoms with van der Waals surface area (Å²) in [6.45, 7) is 1.72. The molecule has 0 aliphatic carbocycles. The number of alkyl halides is 4. The summed E-state index contributed by atoms with van der Waals surface area (Å²) in [6.07, 6.45) is 0. The summed E-state index contributed by atoms with van der Waals surface area (Å²) >= 11 is 22.6. The molecule has 1 aromatic heterocycles. The largest absolute Gasteiger partial charge is 0.301 e. The highest BCUT2D eigenvalue weighted by Gasteiger charge is 2.31. The van der Waals surface area contributed by atoms with Gasteiger partial charge in [-0.25, -0.2) is 4.98 Å². The highest BCUT2D eigenvalue weighted by Crippen LogP contribution is 2.45. The molecule has 1 rings (SSSR count). The molecule has 0 spiro atoms. The van der Waals surface area contributed by atoms with Crippen LogP contribution >= 0.6 is 68.0 Å². The van der Waals surface area contributed by atoms with E-state index in [0.717, 1.165) is 21.6 Å². The molecule has 0 amide bonds. The van der Waals surface area contributed by atoms with Gasteiger partial charge >= 0.3 is 0 Å². The second-order valence-electron chi connectivity index (χ2n) is 2.73. The number of hydrogen-bond acceptors (Lipinski definition) is 4. The summed E-state index contributed by atoms with van der Waals surface area (Å²) < 4.78 is -2.31. The SMILES string of the molecule is Cc1cc(=O)[nH]c(SSC(Cl)C(Cl)(Cl)Cl)n1. The third-order valence-electron chi connectivity index (χ3n) is 1.32. The Balaban J connectivity index is 2.65. The number of aromatic amines is 1. The van der Waals surface area contributed by atoms with Crippen molar-refractivity contribution in [3.8, 4) is 0 Å². The van der Waals surface area contributed by atoms with Crippen molar-refractivity contribution in [3.63, 3.8) is 0 Å². The van der Waals surface area contributed by atoms with Crippen LogP contribution in [0.2, 0.25) is 0 Å². The van der Waals surface area contributed by atoms with Crippen molar-refractivity contribution in [1.82, 2.24) is 9.97 Å². The Bertz CT molecular complexity index is 420. The van der Waals surface area contributed by atoms with E-state index in [4.69, 9.17) is 46.4 Å². The predicted octanol–water partition coefficient (Wildman–Crippen LogP) is 3.75. The molecular formula is C7H6Cl4N2OS2. The lowest BCUT2D eigenvalue weighted by Gasteiger charge is -2.15. The van der Waals surface area contributed by atoms with E-state index < -0.39 is 8.50 Å². The molecule has 0 bridgehead atoms. The molecule has 0 aliphatic rings. The van der Waals surface area contributed by atoms with Gasteiger partial charge in [-0.05, 0) is 17.7 Å². The van der Waals surface area contributed by atoms with Crippen LogP contribution in [0.4, 0.5) is 0 Å². The molecule has 1 unspecified atom stereocenters. The van der Waals surface area contributed by atoms with Gasteiger partial charge in [-0.3, -0.25) is 4.79 Å². The minimum Gasteiger partial charge on any atom is -0.301 e. The van der Waals surface area contributed by atoms with Crippen molar-refractivity contribution >= 4 is 68.0 Å². The van der Waals surface area contributed by atoms with Crippen molar-refractivity contribution in [2.45, 2.75) is 20.6 Å². The standard InChI is InChI=1S/C7H6Cl4N2OS2/c1-3-2-4(14)13-6(12-3)16-15-5(8)7(9,10)11/h2,5H,1H3,(H,12,13,14). The zero-order chi connectivity index (χ0) is 12.3. The first-order chi connectivity index (χ1) is 7.29. The molecular weight excluding hydrogens is 334 g/mol. The second-order valence-corrected chi connectivity index (χ2v) is 8.09. The number of hydrogen-bond donors (Lipinski definition) is 1. The number of aryl methyl sites for hydroxylation is 1. The summed E-state index contributed by atoms with van der Waals surface area (Å²) in [4.78, 5) is 17.8. The van der Waals surface area contributed by atoms with Crippen LogP contribution < -0.4 is 5.56 Å².